The van der Waals surface area contributed by atoms with Crippen molar-refractivity contribution in [2.45, 2.75) is 12.8 Å². The number of anilines is 1. The highest BCUT2D eigenvalue weighted by Crippen LogP contribution is 2.30. The predicted molar refractivity (Wildman–Crippen MR) is 101 cm³/mol. The molecule has 0 saturated heterocycles. The third-order valence-electron chi connectivity index (χ3n) is 4.61. The highest BCUT2D eigenvalue weighted by Gasteiger charge is 2.26. The Labute approximate surface area is 156 Å². The normalized spacial score (nSPS) is 13.7. The minimum atomic E-state index is -3.29. The number of rotatable bonds is 5. The zero-order chi connectivity index (χ0) is 19.0. The Bertz CT molecular complexity index is 1120. The first-order valence-corrected chi connectivity index (χ1v) is 10.5. The third-order valence-corrected chi connectivity index (χ3v) is 5.79. The molecular weight excluding hydrogens is 366 g/mol. The molecule has 0 fully saturated rings. The number of nitrogens with one attached hydrogen (secondary N) is 1. The van der Waals surface area contributed by atoms with E-state index in [2.05, 4.69) is 15.5 Å². The van der Waals surface area contributed by atoms with Crippen molar-refractivity contribution in [1.82, 2.24) is 19.9 Å². The van der Waals surface area contributed by atoms with Crippen LogP contribution in [0.2, 0.25) is 0 Å². The second-order valence-electron chi connectivity index (χ2n) is 6.48. The maximum atomic E-state index is 12.4. The average Bonchev–Trinajstić information content (AvgIpc) is 3.25. The summed E-state index contributed by atoms with van der Waals surface area (Å²) in [5.41, 5.74) is 2.82. The summed E-state index contributed by atoms with van der Waals surface area (Å²) in [6, 6.07) is 10.8. The number of sulfonamides is 1. The lowest BCUT2D eigenvalue weighted by Crippen LogP contribution is -2.27. The standard InChI is InChI=1S/C18H19N5O3S/c1-27(25,26)23-11-8-13-12-14(5-6-15(13)23)18(24)19-9-7-17-21-20-16-4-2-3-10-22(16)17/h2-6,10,12H,7-9,11H2,1H3,(H,19,24). The fraction of sp³-hybridized carbons (Fsp3) is 0.278. The smallest absolute Gasteiger partial charge is 0.251 e. The van der Waals surface area contributed by atoms with Crippen LogP contribution >= 0.6 is 0 Å². The Hall–Kier alpha value is -2.94. The van der Waals surface area contributed by atoms with Gasteiger partial charge in [-0.15, -0.1) is 10.2 Å². The van der Waals surface area contributed by atoms with Crippen molar-refractivity contribution in [3.63, 3.8) is 0 Å². The number of carbonyl (C=O) groups is 1. The number of nitrogens with zero attached hydrogens (tertiary/aromatic N) is 4. The maximum Gasteiger partial charge on any atom is 0.251 e. The molecule has 140 valence electrons. The number of benzene rings is 1. The van der Waals surface area contributed by atoms with Gasteiger partial charge in [0.15, 0.2) is 5.65 Å². The first kappa shape index (κ1) is 17.5. The number of amides is 1. The molecule has 3 heterocycles. The van der Waals surface area contributed by atoms with E-state index in [-0.39, 0.29) is 5.91 Å². The number of aromatic nitrogens is 3. The number of fused-ring (bicyclic) bond motifs is 2. The van der Waals surface area contributed by atoms with Crippen molar-refractivity contribution in [3.05, 3.63) is 59.5 Å². The molecule has 27 heavy (non-hydrogen) atoms. The number of hydrogen-bond acceptors (Lipinski definition) is 5. The fourth-order valence-electron chi connectivity index (χ4n) is 3.31. The summed E-state index contributed by atoms with van der Waals surface area (Å²) in [7, 11) is -3.29. The van der Waals surface area contributed by atoms with E-state index < -0.39 is 10.0 Å². The summed E-state index contributed by atoms with van der Waals surface area (Å²) < 4.78 is 26.9. The van der Waals surface area contributed by atoms with E-state index in [0.717, 1.165) is 17.0 Å². The molecule has 1 N–H and O–H groups in total. The molecular formula is C18H19N5O3S. The molecule has 8 nitrogen and oxygen atoms in total. The third kappa shape index (κ3) is 3.37. The van der Waals surface area contributed by atoms with Gasteiger partial charge in [0, 0.05) is 31.3 Å². The van der Waals surface area contributed by atoms with Crippen LogP contribution in [-0.4, -0.2) is 48.3 Å². The van der Waals surface area contributed by atoms with Crippen LogP contribution in [0.5, 0.6) is 0 Å². The number of pyridine rings is 1. The average molecular weight is 385 g/mol. The molecule has 0 saturated carbocycles. The predicted octanol–water partition coefficient (Wildman–Crippen LogP) is 1.02. The molecule has 1 amide bonds. The molecule has 0 unspecified atom stereocenters. The Morgan fingerprint density at radius 3 is 2.89 bits per heavy atom. The summed E-state index contributed by atoms with van der Waals surface area (Å²) in [4.78, 5) is 12.4. The minimum Gasteiger partial charge on any atom is -0.352 e. The summed E-state index contributed by atoms with van der Waals surface area (Å²) in [5, 5.41) is 11.1. The lowest BCUT2D eigenvalue weighted by Gasteiger charge is -2.16. The fourth-order valence-corrected chi connectivity index (χ4v) is 4.27. The molecule has 9 heteroatoms. The van der Waals surface area contributed by atoms with E-state index in [1.807, 2.05) is 28.8 Å². The monoisotopic (exact) mass is 385 g/mol. The van der Waals surface area contributed by atoms with Gasteiger partial charge in [0.2, 0.25) is 10.0 Å². The van der Waals surface area contributed by atoms with E-state index >= 15 is 0 Å². The van der Waals surface area contributed by atoms with Crippen LogP contribution in [0.3, 0.4) is 0 Å². The van der Waals surface area contributed by atoms with E-state index in [1.54, 1.807) is 18.2 Å². The highest BCUT2D eigenvalue weighted by molar-refractivity contribution is 7.92. The van der Waals surface area contributed by atoms with Gasteiger partial charge in [-0.1, -0.05) is 6.07 Å². The van der Waals surface area contributed by atoms with Crippen molar-refractivity contribution >= 4 is 27.3 Å². The van der Waals surface area contributed by atoms with Gasteiger partial charge in [-0.3, -0.25) is 13.5 Å². The second kappa shape index (κ2) is 6.66. The van der Waals surface area contributed by atoms with E-state index in [9.17, 15) is 13.2 Å². The van der Waals surface area contributed by atoms with Crippen molar-refractivity contribution in [3.8, 4) is 0 Å². The van der Waals surface area contributed by atoms with E-state index in [0.29, 0.717) is 37.2 Å². The van der Waals surface area contributed by atoms with Crippen LogP contribution in [0, 0.1) is 0 Å². The SMILES string of the molecule is CS(=O)(=O)N1CCc2cc(C(=O)NCCc3nnc4ccccn34)ccc21. The molecule has 2 aromatic heterocycles. The van der Waals surface area contributed by atoms with Gasteiger partial charge in [-0.2, -0.15) is 0 Å². The van der Waals surface area contributed by atoms with E-state index in [4.69, 9.17) is 0 Å². The number of hydrogen-bond donors (Lipinski definition) is 1. The van der Waals surface area contributed by atoms with Crippen LogP contribution in [-0.2, 0) is 22.9 Å². The first-order valence-electron chi connectivity index (χ1n) is 8.61. The molecule has 0 atom stereocenters. The minimum absolute atomic E-state index is 0.190. The van der Waals surface area contributed by atoms with Crippen molar-refractivity contribution < 1.29 is 13.2 Å². The summed E-state index contributed by atoms with van der Waals surface area (Å²) in [6.07, 6.45) is 4.25. The molecule has 1 aliphatic heterocycles. The van der Waals surface area contributed by atoms with Crippen LogP contribution in [0.15, 0.2) is 42.6 Å². The Morgan fingerprint density at radius 1 is 1.22 bits per heavy atom. The Kier molecular flexibility index (Phi) is 4.31. The zero-order valence-electron chi connectivity index (χ0n) is 14.8. The first-order chi connectivity index (χ1) is 12.9. The molecule has 0 aliphatic carbocycles. The van der Waals surface area contributed by atoms with Gasteiger partial charge in [-0.25, -0.2) is 8.42 Å². The van der Waals surface area contributed by atoms with Gasteiger partial charge in [0.1, 0.15) is 5.82 Å². The molecule has 0 spiro atoms. The Balaban J connectivity index is 1.42. The van der Waals surface area contributed by atoms with Gasteiger partial charge in [0.05, 0.1) is 11.9 Å². The molecule has 0 radical (unpaired) electrons. The maximum absolute atomic E-state index is 12.4. The van der Waals surface area contributed by atoms with Crippen molar-refractivity contribution in [2.24, 2.45) is 0 Å². The summed E-state index contributed by atoms with van der Waals surface area (Å²) >= 11 is 0. The van der Waals surface area contributed by atoms with Gasteiger partial charge in [0.25, 0.3) is 5.91 Å². The molecule has 4 rings (SSSR count). The topological polar surface area (TPSA) is 96.7 Å². The lowest BCUT2D eigenvalue weighted by atomic mass is 10.1. The lowest BCUT2D eigenvalue weighted by molar-refractivity contribution is 0.0954. The highest BCUT2D eigenvalue weighted by atomic mass is 32.2. The largest absolute Gasteiger partial charge is 0.352 e. The van der Waals surface area contributed by atoms with E-state index in [1.165, 1.54) is 10.6 Å². The molecule has 1 aliphatic rings. The molecule has 0 bridgehead atoms. The van der Waals surface area contributed by atoms with Crippen LogP contribution in [0.4, 0.5) is 5.69 Å². The second-order valence-corrected chi connectivity index (χ2v) is 8.39. The zero-order valence-corrected chi connectivity index (χ0v) is 15.6. The Morgan fingerprint density at radius 2 is 2.07 bits per heavy atom. The quantitative estimate of drug-likeness (QED) is 0.707. The molecule has 1 aromatic carbocycles. The van der Waals surface area contributed by atoms with Gasteiger partial charge < -0.3 is 5.32 Å². The van der Waals surface area contributed by atoms with Gasteiger partial charge >= 0.3 is 0 Å². The summed E-state index contributed by atoms with van der Waals surface area (Å²) in [5.74, 6) is 0.591. The van der Waals surface area contributed by atoms with Crippen LogP contribution < -0.4 is 9.62 Å². The van der Waals surface area contributed by atoms with Crippen molar-refractivity contribution in [2.75, 3.05) is 23.7 Å². The van der Waals surface area contributed by atoms with Crippen LogP contribution in [0.1, 0.15) is 21.7 Å². The number of carbonyl (C=O) groups excluding carboxylic acids is 1. The van der Waals surface area contributed by atoms with Crippen LogP contribution in [0.25, 0.3) is 5.65 Å². The van der Waals surface area contributed by atoms with Crippen molar-refractivity contribution in [1.29, 1.82) is 0 Å². The molecule has 3 aromatic rings. The summed E-state index contributed by atoms with van der Waals surface area (Å²) in [6.45, 7) is 0.847. The van der Waals surface area contributed by atoms with Gasteiger partial charge in [-0.05, 0) is 42.3 Å².